The third kappa shape index (κ3) is 2.81. The highest BCUT2D eigenvalue weighted by Gasteiger charge is 2.39. The number of halogens is 1. The summed E-state index contributed by atoms with van der Waals surface area (Å²) in [6.45, 7) is 3.12. The van der Waals surface area contributed by atoms with E-state index in [1.807, 2.05) is 0 Å². The topological polar surface area (TPSA) is 69.2 Å². The van der Waals surface area contributed by atoms with Crippen molar-refractivity contribution in [2.75, 3.05) is 11.4 Å². The largest absolute Gasteiger partial charge is 0.393 e. The van der Waals surface area contributed by atoms with Gasteiger partial charge in [-0.1, -0.05) is 18.5 Å². The summed E-state index contributed by atoms with van der Waals surface area (Å²) in [5, 5.41) is 16.8. The standard InChI is InChI=1S/C15H22ClN3O2/c1-9-4-5-13(20)10(7-9)11-3-2-6-19(11)12-8-17-18-15(21)14(12)16/h8-11,13,20H,2-7H2,1H3,(H,18,21)/t9-,10+,11-,13+/m1/s1. The molecule has 1 saturated heterocycles. The van der Waals surface area contributed by atoms with Crippen LogP contribution in [0, 0.1) is 11.8 Å². The summed E-state index contributed by atoms with van der Waals surface area (Å²) in [7, 11) is 0. The Morgan fingerprint density at radius 1 is 1.43 bits per heavy atom. The first-order valence-corrected chi connectivity index (χ1v) is 8.13. The summed E-state index contributed by atoms with van der Waals surface area (Å²) in [6.07, 6.45) is 6.48. The van der Waals surface area contributed by atoms with Gasteiger partial charge in [0.2, 0.25) is 0 Å². The van der Waals surface area contributed by atoms with Crippen molar-refractivity contribution in [1.82, 2.24) is 10.2 Å². The molecular formula is C15H22ClN3O2. The maximum absolute atomic E-state index is 11.7. The van der Waals surface area contributed by atoms with E-state index < -0.39 is 0 Å². The lowest BCUT2D eigenvalue weighted by Gasteiger charge is -2.40. The molecular weight excluding hydrogens is 290 g/mol. The summed E-state index contributed by atoms with van der Waals surface area (Å²) in [5.41, 5.74) is 0.353. The molecule has 0 radical (unpaired) electrons. The number of anilines is 1. The van der Waals surface area contributed by atoms with E-state index in [9.17, 15) is 9.90 Å². The average molecular weight is 312 g/mol. The quantitative estimate of drug-likeness (QED) is 0.878. The molecule has 6 heteroatoms. The fraction of sp³-hybridized carbons (Fsp3) is 0.733. The zero-order chi connectivity index (χ0) is 15.0. The molecule has 0 aromatic carbocycles. The molecule has 21 heavy (non-hydrogen) atoms. The monoisotopic (exact) mass is 311 g/mol. The van der Waals surface area contributed by atoms with Gasteiger partial charge in [0.1, 0.15) is 5.02 Å². The summed E-state index contributed by atoms with van der Waals surface area (Å²) in [6, 6.07) is 0.254. The number of aromatic nitrogens is 2. The van der Waals surface area contributed by atoms with Crippen LogP contribution in [0.2, 0.25) is 5.02 Å². The van der Waals surface area contributed by atoms with Crippen LogP contribution in [0.15, 0.2) is 11.0 Å². The van der Waals surface area contributed by atoms with E-state index >= 15 is 0 Å². The van der Waals surface area contributed by atoms with Gasteiger partial charge in [0, 0.05) is 18.5 Å². The minimum Gasteiger partial charge on any atom is -0.393 e. The van der Waals surface area contributed by atoms with Gasteiger partial charge in [0.15, 0.2) is 0 Å². The second kappa shape index (κ2) is 5.97. The number of rotatable bonds is 2. The maximum Gasteiger partial charge on any atom is 0.285 e. The van der Waals surface area contributed by atoms with Crippen LogP contribution in [0.4, 0.5) is 5.69 Å². The molecule has 1 aliphatic heterocycles. The van der Waals surface area contributed by atoms with Crippen LogP contribution in [0.25, 0.3) is 0 Å². The van der Waals surface area contributed by atoms with E-state index in [-0.39, 0.29) is 28.6 Å². The maximum atomic E-state index is 11.7. The normalized spacial score (nSPS) is 33.4. The van der Waals surface area contributed by atoms with E-state index in [2.05, 4.69) is 22.0 Å². The SMILES string of the molecule is C[C@@H]1CC[C@H](O)[C@H]([C@H]2CCCN2c2cn[nH]c(=O)c2Cl)C1. The lowest BCUT2D eigenvalue weighted by atomic mass is 9.76. The van der Waals surface area contributed by atoms with E-state index in [1.165, 1.54) is 0 Å². The van der Waals surface area contributed by atoms with E-state index in [0.717, 1.165) is 38.6 Å². The molecule has 0 amide bonds. The molecule has 2 N–H and O–H groups in total. The number of hydrogen-bond acceptors (Lipinski definition) is 4. The Kier molecular flexibility index (Phi) is 4.22. The third-order valence-corrected chi connectivity index (χ3v) is 5.37. The Labute approximate surface area is 129 Å². The Hall–Kier alpha value is -1.07. The van der Waals surface area contributed by atoms with Crippen molar-refractivity contribution in [1.29, 1.82) is 0 Å². The third-order valence-electron chi connectivity index (χ3n) is 5.00. The van der Waals surface area contributed by atoms with Crippen LogP contribution in [0.1, 0.15) is 39.0 Å². The van der Waals surface area contributed by atoms with Gasteiger partial charge in [-0.3, -0.25) is 4.79 Å². The summed E-state index contributed by atoms with van der Waals surface area (Å²) < 4.78 is 0. The number of nitrogens with zero attached hydrogens (tertiary/aromatic N) is 2. The van der Waals surface area contributed by atoms with Gasteiger partial charge in [-0.2, -0.15) is 5.10 Å². The molecule has 0 bridgehead atoms. The Morgan fingerprint density at radius 2 is 2.24 bits per heavy atom. The molecule has 1 aromatic rings. The van der Waals surface area contributed by atoms with Crippen molar-refractivity contribution >= 4 is 17.3 Å². The summed E-state index contributed by atoms with van der Waals surface area (Å²) >= 11 is 6.15. The van der Waals surface area contributed by atoms with Crippen LogP contribution < -0.4 is 10.5 Å². The van der Waals surface area contributed by atoms with Gasteiger partial charge in [-0.15, -0.1) is 0 Å². The number of nitrogens with one attached hydrogen (secondary N) is 1. The van der Waals surface area contributed by atoms with Crippen LogP contribution in [-0.4, -0.2) is 34.0 Å². The smallest absolute Gasteiger partial charge is 0.285 e. The second-order valence-corrected chi connectivity index (χ2v) is 6.83. The van der Waals surface area contributed by atoms with E-state index in [4.69, 9.17) is 11.6 Å². The predicted octanol–water partition coefficient (Wildman–Crippen LogP) is 2.19. The molecule has 1 aromatic heterocycles. The molecule has 3 rings (SSSR count). The molecule has 2 aliphatic rings. The van der Waals surface area contributed by atoms with Gasteiger partial charge < -0.3 is 10.0 Å². The lowest BCUT2D eigenvalue weighted by Crippen LogP contribution is -2.44. The number of aliphatic hydroxyl groups excluding tert-OH is 1. The number of aliphatic hydroxyl groups is 1. The van der Waals surface area contributed by atoms with Gasteiger partial charge in [0.05, 0.1) is 18.0 Å². The first-order chi connectivity index (χ1) is 10.1. The van der Waals surface area contributed by atoms with Gasteiger partial charge in [-0.05, 0) is 38.0 Å². The Morgan fingerprint density at radius 3 is 3.05 bits per heavy atom. The fourth-order valence-corrected chi connectivity index (χ4v) is 4.13. The van der Waals surface area contributed by atoms with Crippen LogP contribution in [-0.2, 0) is 0 Å². The number of hydrogen-bond donors (Lipinski definition) is 2. The summed E-state index contributed by atoms with van der Waals surface area (Å²) in [4.78, 5) is 13.8. The van der Waals surface area contributed by atoms with Crippen molar-refractivity contribution < 1.29 is 5.11 Å². The van der Waals surface area contributed by atoms with Crippen molar-refractivity contribution in [3.8, 4) is 0 Å². The van der Waals surface area contributed by atoms with Crippen molar-refractivity contribution in [3.05, 3.63) is 21.6 Å². The van der Waals surface area contributed by atoms with Crippen molar-refractivity contribution in [2.24, 2.45) is 11.8 Å². The van der Waals surface area contributed by atoms with Gasteiger partial charge in [-0.25, -0.2) is 5.10 Å². The zero-order valence-corrected chi connectivity index (χ0v) is 13.0. The predicted molar refractivity (Wildman–Crippen MR) is 82.7 cm³/mol. The minimum atomic E-state index is -0.350. The Balaban J connectivity index is 1.88. The number of H-pyrrole nitrogens is 1. The highest BCUT2D eigenvalue weighted by Crippen LogP contribution is 2.39. The molecule has 4 atom stereocenters. The fourth-order valence-electron chi connectivity index (χ4n) is 3.93. The molecule has 1 saturated carbocycles. The molecule has 2 heterocycles. The number of aromatic amines is 1. The Bertz CT molecular complexity index is 562. The summed E-state index contributed by atoms with van der Waals surface area (Å²) in [5.74, 6) is 0.903. The molecule has 1 aliphatic carbocycles. The molecule has 5 nitrogen and oxygen atoms in total. The van der Waals surface area contributed by atoms with E-state index in [0.29, 0.717) is 11.6 Å². The highest BCUT2D eigenvalue weighted by molar-refractivity contribution is 6.33. The van der Waals surface area contributed by atoms with Crippen molar-refractivity contribution in [3.63, 3.8) is 0 Å². The zero-order valence-electron chi connectivity index (χ0n) is 12.3. The second-order valence-electron chi connectivity index (χ2n) is 6.45. The molecule has 2 fully saturated rings. The highest BCUT2D eigenvalue weighted by atomic mass is 35.5. The van der Waals surface area contributed by atoms with E-state index in [1.54, 1.807) is 6.20 Å². The van der Waals surface area contributed by atoms with Crippen LogP contribution in [0.5, 0.6) is 0 Å². The average Bonchev–Trinajstić information content (AvgIpc) is 2.93. The first-order valence-electron chi connectivity index (χ1n) is 7.76. The first kappa shape index (κ1) is 14.9. The van der Waals surface area contributed by atoms with Crippen LogP contribution in [0.3, 0.4) is 0 Å². The van der Waals surface area contributed by atoms with Gasteiger partial charge in [0.25, 0.3) is 5.56 Å². The lowest BCUT2D eigenvalue weighted by molar-refractivity contribution is 0.0390. The molecule has 0 spiro atoms. The van der Waals surface area contributed by atoms with Crippen LogP contribution >= 0.6 is 11.6 Å². The van der Waals surface area contributed by atoms with Crippen molar-refractivity contribution in [2.45, 2.75) is 51.2 Å². The minimum absolute atomic E-state index is 0.204. The molecule has 116 valence electrons. The molecule has 0 unspecified atom stereocenters. The van der Waals surface area contributed by atoms with Gasteiger partial charge >= 0.3 is 0 Å².